The van der Waals surface area contributed by atoms with Crippen LogP contribution in [-0.4, -0.2) is 12.5 Å². The number of hydrogen-bond donors (Lipinski definition) is 2. The van der Waals surface area contributed by atoms with Crippen LogP contribution in [0.4, 0.5) is 5.69 Å². The number of rotatable bonds is 4. The number of amides is 1. The average molecular weight is 247 g/mol. The van der Waals surface area contributed by atoms with Crippen molar-refractivity contribution >= 4 is 34.8 Å². The normalized spacial score (nSPS) is 12.2. The van der Waals surface area contributed by atoms with Gasteiger partial charge >= 0.3 is 0 Å². The highest BCUT2D eigenvalue weighted by Gasteiger charge is 2.08. The lowest BCUT2D eigenvalue weighted by Gasteiger charge is -2.10. The maximum atomic E-state index is 10.8. The molecule has 0 spiro atoms. The Morgan fingerprint density at radius 2 is 1.93 bits per heavy atom. The Kier molecular flexibility index (Phi) is 4.24. The lowest BCUT2D eigenvalue weighted by atomic mass is 10.1. The third kappa shape index (κ3) is 3.98. The molecule has 1 aromatic rings. The molecule has 3 nitrogen and oxygen atoms in total. The number of nitrogens with one attached hydrogen (secondary N) is 1. The van der Waals surface area contributed by atoms with Crippen molar-refractivity contribution in [2.45, 2.75) is 6.92 Å². The summed E-state index contributed by atoms with van der Waals surface area (Å²) in [6.07, 6.45) is 0. The minimum absolute atomic E-state index is 0.234. The second-order valence-corrected chi connectivity index (χ2v) is 4.22. The second-order valence-electron chi connectivity index (χ2n) is 3.34. The molecule has 1 aromatic carbocycles. The van der Waals surface area contributed by atoms with E-state index in [0.717, 1.165) is 5.69 Å². The van der Waals surface area contributed by atoms with Gasteiger partial charge in [-0.1, -0.05) is 30.1 Å². The summed E-state index contributed by atoms with van der Waals surface area (Å²) in [5.74, 6) is -0.571. The zero-order valence-electron chi connectivity index (χ0n) is 8.26. The molecule has 0 radical (unpaired) electrons. The van der Waals surface area contributed by atoms with Crippen molar-refractivity contribution in [1.82, 2.24) is 0 Å². The van der Waals surface area contributed by atoms with Gasteiger partial charge in [-0.3, -0.25) is 4.79 Å². The van der Waals surface area contributed by atoms with E-state index in [1.165, 1.54) is 0 Å². The van der Waals surface area contributed by atoms with E-state index >= 15 is 0 Å². The van der Waals surface area contributed by atoms with Crippen molar-refractivity contribution < 1.29 is 4.79 Å². The number of carbonyl (C=O) groups excluding carboxylic acids is 1. The number of hydrogen-bond acceptors (Lipinski definition) is 2. The Morgan fingerprint density at radius 1 is 1.40 bits per heavy atom. The molecule has 1 rings (SSSR count). The van der Waals surface area contributed by atoms with Gasteiger partial charge in [0.05, 0.1) is 5.92 Å². The third-order valence-corrected chi connectivity index (χ3v) is 2.40. The van der Waals surface area contributed by atoms with Crippen LogP contribution in [0.5, 0.6) is 0 Å². The molecular weight excluding hydrogens is 235 g/mol. The highest BCUT2D eigenvalue weighted by atomic mass is 35.5. The smallest absolute Gasteiger partial charge is 0.222 e. The molecule has 0 saturated heterocycles. The first-order chi connectivity index (χ1) is 6.99. The number of halogens is 2. The van der Waals surface area contributed by atoms with Gasteiger partial charge in [0.15, 0.2) is 0 Å². The van der Waals surface area contributed by atoms with Crippen molar-refractivity contribution in [3.05, 3.63) is 28.2 Å². The van der Waals surface area contributed by atoms with Crippen molar-refractivity contribution in [2.75, 3.05) is 11.9 Å². The standard InChI is InChI=1S/C10H12Cl2N2O/c1-6(10(13)15)5-14-9-3-7(11)2-8(12)4-9/h2-4,6,14H,5H2,1H3,(H2,13,15). The van der Waals surface area contributed by atoms with E-state index in [1.807, 2.05) is 0 Å². The topological polar surface area (TPSA) is 55.1 Å². The molecule has 0 bridgehead atoms. The number of nitrogens with two attached hydrogens (primary N) is 1. The zero-order valence-corrected chi connectivity index (χ0v) is 9.77. The molecule has 15 heavy (non-hydrogen) atoms. The summed E-state index contributed by atoms with van der Waals surface area (Å²) >= 11 is 11.6. The Labute approximate surface area is 98.5 Å². The quantitative estimate of drug-likeness (QED) is 0.858. The average Bonchev–Trinajstić information content (AvgIpc) is 2.12. The number of primary amides is 1. The van der Waals surface area contributed by atoms with Crippen LogP contribution in [0, 0.1) is 5.92 Å². The molecule has 1 amide bonds. The van der Waals surface area contributed by atoms with E-state index in [-0.39, 0.29) is 11.8 Å². The van der Waals surface area contributed by atoms with Crippen LogP contribution in [-0.2, 0) is 4.79 Å². The van der Waals surface area contributed by atoms with Crippen molar-refractivity contribution in [3.63, 3.8) is 0 Å². The van der Waals surface area contributed by atoms with Crippen LogP contribution in [0.1, 0.15) is 6.92 Å². The van der Waals surface area contributed by atoms with Gasteiger partial charge in [-0.2, -0.15) is 0 Å². The fourth-order valence-electron chi connectivity index (χ4n) is 1.03. The monoisotopic (exact) mass is 246 g/mol. The molecule has 0 fully saturated rings. The van der Waals surface area contributed by atoms with Gasteiger partial charge in [0.1, 0.15) is 0 Å². The molecule has 0 heterocycles. The highest BCUT2D eigenvalue weighted by molar-refractivity contribution is 6.35. The fourth-order valence-corrected chi connectivity index (χ4v) is 1.55. The van der Waals surface area contributed by atoms with Crippen LogP contribution < -0.4 is 11.1 Å². The molecule has 0 aromatic heterocycles. The minimum Gasteiger partial charge on any atom is -0.384 e. The van der Waals surface area contributed by atoms with Crippen molar-refractivity contribution in [3.8, 4) is 0 Å². The molecule has 3 N–H and O–H groups in total. The maximum absolute atomic E-state index is 10.8. The van der Waals surface area contributed by atoms with Gasteiger partial charge < -0.3 is 11.1 Å². The van der Waals surface area contributed by atoms with Gasteiger partial charge in [0.2, 0.25) is 5.91 Å². The highest BCUT2D eigenvalue weighted by Crippen LogP contribution is 2.22. The van der Waals surface area contributed by atoms with E-state index < -0.39 is 0 Å². The van der Waals surface area contributed by atoms with Crippen molar-refractivity contribution in [2.24, 2.45) is 11.7 Å². The summed E-state index contributed by atoms with van der Waals surface area (Å²) in [6.45, 7) is 2.22. The van der Waals surface area contributed by atoms with E-state index in [2.05, 4.69) is 5.32 Å². The Balaban J connectivity index is 2.61. The molecule has 82 valence electrons. The van der Waals surface area contributed by atoms with E-state index in [9.17, 15) is 4.79 Å². The zero-order chi connectivity index (χ0) is 11.4. The molecule has 0 saturated carbocycles. The van der Waals surface area contributed by atoms with E-state index in [0.29, 0.717) is 16.6 Å². The Hall–Kier alpha value is -0.930. The summed E-state index contributed by atoms with van der Waals surface area (Å²) in [5.41, 5.74) is 5.91. The Bertz CT molecular complexity index is 348. The molecule has 0 aliphatic heterocycles. The molecule has 1 unspecified atom stereocenters. The van der Waals surface area contributed by atoms with Gasteiger partial charge in [-0.05, 0) is 18.2 Å². The molecule has 1 atom stereocenters. The van der Waals surface area contributed by atoms with E-state index in [1.54, 1.807) is 25.1 Å². The van der Waals surface area contributed by atoms with Crippen LogP contribution in [0.3, 0.4) is 0 Å². The predicted octanol–water partition coefficient (Wildman–Crippen LogP) is 2.53. The molecule has 0 aliphatic carbocycles. The van der Waals surface area contributed by atoms with Crippen LogP contribution in [0.25, 0.3) is 0 Å². The number of anilines is 1. The lowest BCUT2D eigenvalue weighted by molar-refractivity contribution is -0.120. The van der Waals surface area contributed by atoms with Crippen LogP contribution in [0.15, 0.2) is 18.2 Å². The number of carbonyl (C=O) groups is 1. The summed E-state index contributed by atoms with van der Waals surface area (Å²) < 4.78 is 0. The predicted molar refractivity (Wildman–Crippen MR) is 63.3 cm³/mol. The summed E-state index contributed by atoms with van der Waals surface area (Å²) in [6, 6.07) is 5.12. The summed E-state index contributed by atoms with van der Waals surface area (Å²) in [4.78, 5) is 10.8. The molecule has 5 heteroatoms. The molecule has 0 aliphatic rings. The first-order valence-electron chi connectivity index (χ1n) is 4.48. The van der Waals surface area contributed by atoms with Crippen LogP contribution in [0.2, 0.25) is 10.0 Å². The summed E-state index contributed by atoms with van der Waals surface area (Å²) in [5, 5.41) is 4.14. The van der Waals surface area contributed by atoms with Gasteiger partial charge in [-0.25, -0.2) is 0 Å². The number of benzene rings is 1. The first-order valence-corrected chi connectivity index (χ1v) is 5.24. The lowest BCUT2D eigenvalue weighted by Crippen LogP contribution is -2.26. The minimum atomic E-state index is -0.337. The maximum Gasteiger partial charge on any atom is 0.222 e. The first kappa shape index (κ1) is 12.1. The van der Waals surface area contributed by atoms with Gasteiger partial charge in [0, 0.05) is 22.3 Å². The Morgan fingerprint density at radius 3 is 2.40 bits per heavy atom. The second kappa shape index (κ2) is 5.24. The van der Waals surface area contributed by atoms with Gasteiger partial charge in [0.25, 0.3) is 0 Å². The third-order valence-electron chi connectivity index (χ3n) is 1.96. The fraction of sp³-hybridized carbons (Fsp3) is 0.300. The summed E-state index contributed by atoms with van der Waals surface area (Å²) in [7, 11) is 0. The SMILES string of the molecule is CC(CNc1cc(Cl)cc(Cl)c1)C(N)=O. The van der Waals surface area contributed by atoms with E-state index in [4.69, 9.17) is 28.9 Å². The van der Waals surface area contributed by atoms with Crippen LogP contribution >= 0.6 is 23.2 Å². The largest absolute Gasteiger partial charge is 0.384 e. The molecular formula is C10H12Cl2N2O. The van der Waals surface area contributed by atoms with Gasteiger partial charge in [-0.15, -0.1) is 0 Å². The van der Waals surface area contributed by atoms with Crippen molar-refractivity contribution in [1.29, 1.82) is 0 Å².